The molecule has 0 aliphatic carbocycles. The summed E-state index contributed by atoms with van der Waals surface area (Å²) in [6.45, 7) is 5.82. The smallest absolute Gasteiger partial charge is 0.273 e. The molecule has 0 radical (unpaired) electrons. The van der Waals surface area contributed by atoms with Gasteiger partial charge in [-0.3, -0.25) is 14.7 Å². The van der Waals surface area contributed by atoms with Gasteiger partial charge < -0.3 is 15.2 Å². The van der Waals surface area contributed by atoms with Gasteiger partial charge in [0.25, 0.3) is 5.56 Å². The molecule has 1 aliphatic rings. The minimum Gasteiger partial charge on any atom is -0.379 e. The molecule has 0 atom stereocenters. The van der Waals surface area contributed by atoms with Crippen molar-refractivity contribution in [3.63, 3.8) is 0 Å². The lowest BCUT2D eigenvalue weighted by Crippen LogP contribution is -2.45. The van der Waals surface area contributed by atoms with Gasteiger partial charge >= 0.3 is 0 Å². The predicted octanol–water partition coefficient (Wildman–Crippen LogP) is 3.86. The zero-order valence-corrected chi connectivity index (χ0v) is 20.8. The number of anilines is 1. The number of hydrogen-bond acceptors (Lipinski definition) is 7. The van der Waals surface area contributed by atoms with Crippen LogP contribution in [0.4, 0.5) is 5.69 Å². The van der Waals surface area contributed by atoms with Crippen molar-refractivity contribution >= 4 is 27.8 Å². The maximum atomic E-state index is 12.9. The standard InChI is InChI=1S/C29H29N7O/c1-35-14-16-36(17-15-35)13-12-31-25-19-24-28(34-29(25)37)33-26(20-6-3-2-4-7-20)27(32-24)22-9-10-23-21(18-22)8-5-11-30-23/h2-11,18-19,31H,12-17H2,1H3,(H,33,34,37). The van der Waals surface area contributed by atoms with Crippen LogP contribution < -0.4 is 10.9 Å². The van der Waals surface area contributed by atoms with Crippen LogP contribution in [0.5, 0.6) is 0 Å². The number of fused-ring (bicyclic) bond motifs is 2. The predicted molar refractivity (Wildman–Crippen MR) is 149 cm³/mol. The fourth-order valence-electron chi connectivity index (χ4n) is 4.79. The normalized spacial score (nSPS) is 14.8. The van der Waals surface area contributed by atoms with Crippen molar-refractivity contribution < 1.29 is 0 Å². The molecule has 37 heavy (non-hydrogen) atoms. The highest BCUT2D eigenvalue weighted by molar-refractivity contribution is 5.90. The SMILES string of the molecule is CN1CCN(CCNc2cc3nc(-c4ccc5ncccc5c4)c(-c4ccccc4)nc3[nH]c2=O)CC1. The number of H-pyrrole nitrogens is 1. The first-order valence-corrected chi connectivity index (χ1v) is 12.6. The molecule has 0 unspecified atom stereocenters. The molecule has 0 bridgehead atoms. The van der Waals surface area contributed by atoms with Crippen molar-refractivity contribution in [2.75, 3.05) is 51.6 Å². The Kier molecular flexibility index (Phi) is 6.34. The summed E-state index contributed by atoms with van der Waals surface area (Å²) < 4.78 is 0. The molecule has 1 aliphatic heterocycles. The number of aromatic amines is 1. The van der Waals surface area contributed by atoms with E-state index in [0.717, 1.165) is 66.1 Å². The average molecular weight is 492 g/mol. The van der Waals surface area contributed by atoms with Gasteiger partial charge in [0.15, 0.2) is 5.65 Å². The van der Waals surface area contributed by atoms with Crippen LogP contribution in [0.2, 0.25) is 0 Å². The quantitative estimate of drug-likeness (QED) is 0.373. The first-order valence-electron chi connectivity index (χ1n) is 12.6. The van der Waals surface area contributed by atoms with Crippen LogP contribution in [0.1, 0.15) is 0 Å². The van der Waals surface area contributed by atoms with Gasteiger partial charge in [0, 0.05) is 62.0 Å². The molecular weight excluding hydrogens is 462 g/mol. The monoisotopic (exact) mass is 491 g/mol. The lowest BCUT2D eigenvalue weighted by Gasteiger charge is -2.32. The summed E-state index contributed by atoms with van der Waals surface area (Å²) in [5.74, 6) is 0. The maximum absolute atomic E-state index is 12.9. The molecule has 1 fully saturated rings. The van der Waals surface area contributed by atoms with Gasteiger partial charge in [-0.05, 0) is 31.3 Å². The molecule has 0 saturated carbocycles. The Morgan fingerprint density at radius 3 is 2.51 bits per heavy atom. The van der Waals surface area contributed by atoms with E-state index in [-0.39, 0.29) is 5.56 Å². The zero-order valence-electron chi connectivity index (χ0n) is 20.8. The number of nitrogens with one attached hydrogen (secondary N) is 2. The topological polar surface area (TPSA) is 90.0 Å². The molecule has 1 saturated heterocycles. The summed E-state index contributed by atoms with van der Waals surface area (Å²) in [6.07, 6.45) is 1.79. The minimum atomic E-state index is -0.191. The van der Waals surface area contributed by atoms with Crippen LogP contribution in [-0.4, -0.2) is 76.1 Å². The fourth-order valence-corrected chi connectivity index (χ4v) is 4.79. The van der Waals surface area contributed by atoms with E-state index in [1.54, 1.807) is 6.20 Å². The number of piperazine rings is 1. The zero-order chi connectivity index (χ0) is 25.2. The maximum Gasteiger partial charge on any atom is 0.273 e. The van der Waals surface area contributed by atoms with Crippen LogP contribution in [0.25, 0.3) is 44.6 Å². The Labute approximate surface area is 215 Å². The van der Waals surface area contributed by atoms with E-state index < -0.39 is 0 Å². The average Bonchev–Trinajstić information content (AvgIpc) is 2.94. The summed E-state index contributed by atoms with van der Waals surface area (Å²) >= 11 is 0. The lowest BCUT2D eigenvalue weighted by atomic mass is 10.0. The van der Waals surface area contributed by atoms with Crippen LogP contribution in [-0.2, 0) is 0 Å². The third-order valence-corrected chi connectivity index (χ3v) is 6.94. The third kappa shape index (κ3) is 4.94. The Hall–Kier alpha value is -4.14. The van der Waals surface area contributed by atoms with Crippen molar-refractivity contribution in [3.05, 3.63) is 83.3 Å². The van der Waals surface area contributed by atoms with E-state index in [2.05, 4.69) is 38.2 Å². The van der Waals surface area contributed by atoms with E-state index in [4.69, 9.17) is 9.97 Å². The van der Waals surface area contributed by atoms with Gasteiger partial charge in [0.1, 0.15) is 11.2 Å². The van der Waals surface area contributed by atoms with Gasteiger partial charge in [-0.25, -0.2) is 9.97 Å². The molecule has 3 aromatic heterocycles. The van der Waals surface area contributed by atoms with Crippen molar-refractivity contribution in [1.82, 2.24) is 29.7 Å². The lowest BCUT2D eigenvalue weighted by molar-refractivity contribution is 0.158. The highest BCUT2D eigenvalue weighted by atomic mass is 16.1. The van der Waals surface area contributed by atoms with Gasteiger partial charge in [-0.15, -0.1) is 0 Å². The van der Waals surface area contributed by atoms with Gasteiger partial charge in [-0.1, -0.05) is 42.5 Å². The molecule has 5 aromatic rings. The summed E-state index contributed by atoms with van der Waals surface area (Å²) in [4.78, 5) is 35.0. The molecule has 0 spiro atoms. The number of aromatic nitrogens is 4. The molecule has 8 heteroatoms. The van der Waals surface area contributed by atoms with E-state index in [0.29, 0.717) is 23.4 Å². The highest BCUT2D eigenvalue weighted by Gasteiger charge is 2.16. The fraction of sp³-hybridized carbons (Fsp3) is 0.241. The van der Waals surface area contributed by atoms with Gasteiger partial charge in [-0.2, -0.15) is 0 Å². The second-order valence-corrected chi connectivity index (χ2v) is 9.52. The molecule has 186 valence electrons. The number of pyridine rings is 2. The van der Waals surface area contributed by atoms with E-state index in [9.17, 15) is 4.79 Å². The first kappa shape index (κ1) is 23.3. The van der Waals surface area contributed by atoms with E-state index >= 15 is 0 Å². The van der Waals surface area contributed by atoms with E-state index in [1.807, 2.05) is 60.7 Å². The van der Waals surface area contributed by atoms with Crippen molar-refractivity contribution in [3.8, 4) is 22.5 Å². The van der Waals surface area contributed by atoms with Crippen LogP contribution in [0.3, 0.4) is 0 Å². The number of rotatable bonds is 6. The Morgan fingerprint density at radius 1 is 0.865 bits per heavy atom. The van der Waals surface area contributed by atoms with Crippen molar-refractivity contribution in [2.24, 2.45) is 0 Å². The highest BCUT2D eigenvalue weighted by Crippen LogP contribution is 2.32. The number of hydrogen-bond donors (Lipinski definition) is 2. The van der Waals surface area contributed by atoms with Gasteiger partial charge in [0.05, 0.1) is 16.9 Å². The summed E-state index contributed by atoms with van der Waals surface area (Å²) in [5.41, 5.74) is 5.74. The molecule has 6 rings (SSSR count). The molecule has 2 aromatic carbocycles. The van der Waals surface area contributed by atoms with Gasteiger partial charge in [0.2, 0.25) is 0 Å². The second-order valence-electron chi connectivity index (χ2n) is 9.52. The Bertz CT molecular complexity index is 1610. The molecule has 8 nitrogen and oxygen atoms in total. The largest absolute Gasteiger partial charge is 0.379 e. The number of benzene rings is 2. The molecule has 0 amide bonds. The summed E-state index contributed by atoms with van der Waals surface area (Å²) in [7, 11) is 2.15. The number of nitrogens with zero attached hydrogens (tertiary/aromatic N) is 5. The Morgan fingerprint density at radius 2 is 1.68 bits per heavy atom. The second kappa shape index (κ2) is 10.1. The Balaban J connectivity index is 1.37. The van der Waals surface area contributed by atoms with Crippen molar-refractivity contribution in [1.29, 1.82) is 0 Å². The van der Waals surface area contributed by atoms with E-state index in [1.165, 1.54) is 0 Å². The van der Waals surface area contributed by atoms with Crippen LogP contribution >= 0.6 is 0 Å². The molecular formula is C29H29N7O. The summed E-state index contributed by atoms with van der Waals surface area (Å²) in [5, 5.41) is 4.35. The summed E-state index contributed by atoms with van der Waals surface area (Å²) in [6, 6.07) is 21.9. The van der Waals surface area contributed by atoms with Crippen LogP contribution in [0.15, 0.2) is 77.7 Å². The first-order chi connectivity index (χ1) is 18.1. The number of likely N-dealkylation sites (N-methyl/N-ethyl adjacent to an activating group) is 1. The van der Waals surface area contributed by atoms with Crippen molar-refractivity contribution in [2.45, 2.75) is 0 Å². The third-order valence-electron chi connectivity index (χ3n) is 6.94. The minimum absolute atomic E-state index is 0.191. The molecule has 2 N–H and O–H groups in total. The van der Waals surface area contributed by atoms with Crippen LogP contribution in [0, 0.1) is 0 Å². The molecule has 4 heterocycles.